The van der Waals surface area contributed by atoms with Gasteiger partial charge in [0.2, 0.25) is 5.91 Å². The third kappa shape index (κ3) is 6.19. The first-order valence-electron chi connectivity index (χ1n) is 9.29. The van der Waals surface area contributed by atoms with E-state index in [4.69, 9.17) is 22.1 Å². The molecule has 8 nitrogen and oxygen atoms in total. The molecule has 2 rings (SSSR count). The van der Waals surface area contributed by atoms with Crippen molar-refractivity contribution in [2.24, 2.45) is 11.7 Å². The fraction of sp³-hybridized carbons (Fsp3) is 0.474. The van der Waals surface area contributed by atoms with Gasteiger partial charge in [-0.2, -0.15) is 0 Å². The fourth-order valence-corrected chi connectivity index (χ4v) is 4.01. The molecule has 0 aliphatic heterocycles. The Hall–Kier alpha value is -2.10. The van der Waals surface area contributed by atoms with Gasteiger partial charge in [0, 0.05) is 24.8 Å². The lowest BCUT2D eigenvalue weighted by molar-refractivity contribution is -0.120. The zero-order chi connectivity index (χ0) is 21.6. The first-order valence-corrected chi connectivity index (χ1v) is 10.5. The lowest BCUT2D eigenvalue weighted by atomic mass is 10.1. The number of aromatic nitrogens is 2. The Morgan fingerprint density at radius 1 is 1.38 bits per heavy atom. The lowest BCUT2D eigenvalue weighted by Gasteiger charge is -2.21. The molecule has 0 radical (unpaired) electrons. The Bertz CT molecular complexity index is 948. The minimum Gasteiger partial charge on any atom is -0.382 e. The highest BCUT2D eigenvalue weighted by molar-refractivity contribution is 8.00. The number of nitrogens with zero attached hydrogens (tertiary/aromatic N) is 2. The molecule has 3 amide bonds. The van der Waals surface area contributed by atoms with Crippen molar-refractivity contribution in [1.82, 2.24) is 14.9 Å². The van der Waals surface area contributed by atoms with E-state index in [0.29, 0.717) is 47.3 Å². The standard InChI is InChI=1S/C19H25ClN4O4S/c1-4-28-9-5-8-24-17(26)13-7-6-12(20)10-14(13)22-19(24)29-15(11(2)3)16(25)23-18(21)27/h6-7,10-11,15H,4-5,8-9H2,1-3H3,(H3,21,23,25,27). The molecular weight excluding hydrogens is 416 g/mol. The van der Waals surface area contributed by atoms with Crippen molar-refractivity contribution in [3.63, 3.8) is 0 Å². The topological polar surface area (TPSA) is 116 Å². The molecule has 0 aliphatic carbocycles. The van der Waals surface area contributed by atoms with E-state index in [1.54, 1.807) is 18.2 Å². The molecule has 1 aromatic heterocycles. The Morgan fingerprint density at radius 2 is 2.10 bits per heavy atom. The molecule has 3 N–H and O–H groups in total. The summed E-state index contributed by atoms with van der Waals surface area (Å²) in [6.45, 7) is 7.06. The molecule has 10 heteroatoms. The molecule has 1 heterocycles. The molecular formula is C19H25ClN4O4S. The summed E-state index contributed by atoms with van der Waals surface area (Å²) in [5, 5.41) is 2.72. The van der Waals surface area contributed by atoms with E-state index >= 15 is 0 Å². The smallest absolute Gasteiger partial charge is 0.318 e. The number of carbonyl (C=O) groups is 2. The van der Waals surface area contributed by atoms with Crippen LogP contribution in [0.15, 0.2) is 28.2 Å². The van der Waals surface area contributed by atoms with Gasteiger partial charge in [-0.25, -0.2) is 9.78 Å². The van der Waals surface area contributed by atoms with Crippen LogP contribution >= 0.6 is 23.4 Å². The van der Waals surface area contributed by atoms with Crippen LogP contribution in [0.1, 0.15) is 27.2 Å². The number of thioether (sulfide) groups is 1. The number of benzene rings is 1. The first kappa shape index (κ1) is 23.2. The molecule has 1 aromatic carbocycles. The lowest BCUT2D eigenvalue weighted by Crippen LogP contribution is -2.42. The number of hydrogen-bond donors (Lipinski definition) is 2. The Labute approximate surface area is 178 Å². The van der Waals surface area contributed by atoms with E-state index in [-0.39, 0.29) is 11.5 Å². The molecule has 1 unspecified atom stereocenters. The number of fused-ring (bicyclic) bond motifs is 1. The maximum Gasteiger partial charge on any atom is 0.318 e. The summed E-state index contributed by atoms with van der Waals surface area (Å²) in [7, 11) is 0. The zero-order valence-corrected chi connectivity index (χ0v) is 18.2. The summed E-state index contributed by atoms with van der Waals surface area (Å²) in [5.74, 6) is -0.665. The SMILES string of the molecule is CCOCCCn1c(SC(C(=O)NC(N)=O)C(C)C)nc2cc(Cl)ccc2c1=O. The van der Waals surface area contributed by atoms with E-state index in [0.717, 1.165) is 11.8 Å². The summed E-state index contributed by atoms with van der Waals surface area (Å²) in [6.07, 6.45) is 0.613. The fourth-order valence-electron chi connectivity index (χ4n) is 2.73. The van der Waals surface area contributed by atoms with E-state index in [9.17, 15) is 14.4 Å². The van der Waals surface area contributed by atoms with Crippen LogP contribution in [-0.2, 0) is 16.1 Å². The molecule has 0 aliphatic rings. The summed E-state index contributed by atoms with van der Waals surface area (Å²) < 4.78 is 6.90. The van der Waals surface area contributed by atoms with E-state index < -0.39 is 17.2 Å². The Morgan fingerprint density at radius 3 is 2.72 bits per heavy atom. The van der Waals surface area contributed by atoms with Crippen molar-refractivity contribution >= 4 is 46.2 Å². The number of carbonyl (C=O) groups excluding carboxylic acids is 2. The monoisotopic (exact) mass is 440 g/mol. The molecule has 1 atom stereocenters. The van der Waals surface area contributed by atoms with Crippen molar-refractivity contribution < 1.29 is 14.3 Å². The number of rotatable bonds is 9. The van der Waals surface area contributed by atoms with Crippen molar-refractivity contribution in [2.75, 3.05) is 13.2 Å². The van der Waals surface area contributed by atoms with Gasteiger partial charge in [-0.15, -0.1) is 0 Å². The molecule has 29 heavy (non-hydrogen) atoms. The van der Waals surface area contributed by atoms with Crippen LogP contribution in [0.4, 0.5) is 4.79 Å². The number of nitrogens with two attached hydrogens (primary N) is 1. The third-order valence-corrected chi connectivity index (χ3v) is 5.87. The van der Waals surface area contributed by atoms with Crippen molar-refractivity contribution in [3.05, 3.63) is 33.6 Å². The van der Waals surface area contributed by atoms with Crippen molar-refractivity contribution in [1.29, 1.82) is 0 Å². The van der Waals surface area contributed by atoms with Gasteiger partial charge < -0.3 is 10.5 Å². The number of primary amides is 1. The van der Waals surface area contributed by atoms with Gasteiger partial charge in [-0.1, -0.05) is 37.2 Å². The number of nitrogens with one attached hydrogen (secondary N) is 1. The second kappa shape index (κ2) is 10.6. The van der Waals surface area contributed by atoms with Gasteiger partial charge in [0.1, 0.15) is 0 Å². The van der Waals surface area contributed by atoms with Gasteiger partial charge in [-0.05, 0) is 37.5 Å². The summed E-state index contributed by atoms with van der Waals surface area (Å²) in [6, 6.07) is 3.97. The predicted molar refractivity (Wildman–Crippen MR) is 114 cm³/mol. The maximum absolute atomic E-state index is 13.1. The average Bonchev–Trinajstić information content (AvgIpc) is 2.63. The predicted octanol–water partition coefficient (Wildman–Crippen LogP) is 2.79. The number of halogens is 1. The van der Waals surface area contributed by atoms with E-state index in [1.165, 1.54) is 4.57 Å². The van der Waals surface area contributed by atoms with Gasteiger partial charge >= 0.3 is 6.03 Å². The highest BCUT2D eigenvalue weighted by Gasteiger charge is 2.27. The molecule has 0 bridgehead atoms. The minimum absolute atomic E-state index is 0.136. The average molecular weight is 441 g/mol. The van der Waals surface area contributed by atoms with Crippen LogP contribution in [-0.4, -0.2) is 40.0 Å². The highest BCUT2D eigenvalue weighted by atomic mass is 35.5. The van der Waals surface area contributed by atoms with Crippen LogP contribution in [0.25, 0.3) is 10.9 Å². The quantitative estimate of drug-likeness (QED) is 0.352. The summed E-state index contributed by atoms with van der Waals surface area (Å²) in [4.78, 5) is 41.2. The molecule has 2 aromatic rings. The van der Waals surface area contributed by atoms with Gasteiger partial charge in [0.05, 0.1) is 16.2 Å². The maximum atomic E-state index is 13.1. The van der Waals surface area contributed by atoms with E-state index in [1.807, 2.05) is 20.8 Å². The van der Waals surface area contributed by atoms with Gasteiger partial charge in [0.25, 0.3) is 5.56 Å². The molecule has 0 saturated heterocycles. The second-order valence-corrected chi connectivity index (χ2v) is 8.24. The van der Waals surface area contributed by atoms with Crippen molar-refractivity contribution in [3.8, 4) is 0 Å². The van der Waals surface area contributed by atoms with Crippen molar-refractivity contribution in [2.45, 2.75) is 44.1 Å². The summed E-state index contributed by atoms with van der Waals surface area (Å²) >= 11 is 7.18. The zero-order valence-electron chi connectivity index (χ0n) is 16.6. The second-order valence-electron chi connectivity index (χ2n) is 6.70. The van der Waals surface area contributed by atoms with E-state index in [2.05, 4.69) is 10.3 Å². The van der Waals surface area contributed by atoms with Crippen LogP contribution in [0, 0.1) is 5.92 Å². The number of amides is 3. The number of urea groups is 1. The highest BCUT2D eigenvalue weighted by Crippen LogP contribution is 2.28. The summed E-state index contributed by atoms with van der Waals surface area (Å²) in [5.41, 5.74) is 5.31. The molecule has 158 valence electrons. The Balaban J connectivity index is 2.48. The van der Waals surface area contributed by atoms with Gasteiger partial charge in [0.15, 0.2) is 5.16 Å². The third-order valence-electron chi connectivity index (χ3n) is 4.10. The van der Waals surface area contributed by atoms with Crippen LogP contribution in [0.3, 0.4) is 0 Å². The molecule has 0 saturated carbocycles. The van der Waals surface area contributed by atoms with Crippen LogP contribution < -0.4 is 16.6 Å². The normalized spacial score (nSPS) is 12.3. The first-order chi connectivity index (χ1) is 13.7. The molecule has 0 spiro atoms. The number of hydrogen-bond acceptors (Lipinski definition) is 6. The minimum atomic E-state index is -0.923. The number of ether oxygens (including phenoxy) is 1. The van der Waals surface area contributed by atoms with Crippen LogP contribution in [0.5, 0.6) is 0 Å². The van der Waals surface area contributed by atoms with Gasteiger partial charge in [-0.3, -0.25) is 19.5 Å². The Kier molecular flexibility index (Phi) is 8.48. The number of imide groups is 1. The molecule has 0 fully saturated rings. The largest absolute Gasteiger partial charge is 0.382 e. The van der Waals surface area contributed by atoms with Crippen LogP contribution in [0.2, 0.25) is 5.02 Å².